The van der Waals surface area contributed by atoms with Gasteiger partial charge < -0.3 is 39.9 Å². The number of phosphoric acid groups is 1. The molecule has 0 radical (unpaired) electrons. The van der Waals surface area contributed by atoms with Crippen molar-refractivity contribution >= 4 is 19.8 Å². The van der Waals surface area contributed by atoms with Crippen molar-refractivity contribution in [1.29, 1.82) is 0 Å². The predicted molar refractivity (Wildman–Crippen MR) is 248 cm³/mol. The van der Waals surface area contributed by atoms with Gasteiger partial charge in [-0.2, -0.15) is 0 Å². The van der Waals surface area contributed by atoms with Crippen LogP contribution in [0.1, 0.15) is 155 Å². The Morgan fingerprint density at radius 3 is 1.44 bits per heavy atom. The Morgan fingerprint density at radius 1 is 0.508 bits per heavy atom. The molecule has 6 atom stereocenters. The molecule has 0 aliphatic heterocycles. The highest BCUT2D eigenvalue weighted by atomic mass is 31.2. The van der Waals surface area contributed by atoms with Gasteiger partial charge in [-0.25, -0.2) is 4.57 Å². The molecule has 63 heavy (non-hydrogen) atoms. The molecule has 360 valence electrons. The van der Waals surface area contributed by atoms with Crippen molar-refractivity contribution in [2.75, 3.05) is 13.2 Å². The minimum atomic E-state index is -5.15. The zero-order valence-electron chi connectivity index (χ0n) is 38.1. The van der Waals surface area contributed by atoms with E-state index in [1.165, 1.54) is 38.5 Å². The van der Waals surface area contributed by atoms with E-state index in [2.05, 4.69) is 80.7 Å². The molecule has 0 aromatic carbocycles. The summed E-state index contributed by atoms with van der Waals surface area (Å²) in [5, 5.41) is 50.1. The summed E-state index contributed by atoms with van der Waals surface area (Å²) in [4.78, 5) is 35.7. The number of ether oxygens (including phenoxy) is 2. The molecule has 1 aliphatic carbocycles. The Hall–Kier alpha value is -2.97. The van der Waals surface area contributed by atoms with Crippen LogP contribution in [0, 0.1) is 0 Å². The average molecular weight is 909 g/mol. The van der Waals surface area contributed by atoms with Crippen molar-refractivity contribution in [2.45, 2.75) is 198 Å². The normalized spacial score (nSPS) is 22.5. The van der Waals surface area contributed by atoms with Crippen molar-refractivity contribution in [1.82, 2.24) is 0 Å². The Bertz CT molecular complexity index is 1420. The van der Waals surface area contributed by atoms with Crippen LogP contribution in [0.5, 0.6) is 0 Å². The third kappa shape index (κ3) is 30.7. The van der Waals surface area contributed by atoms with E-state index < -0.39 is 75.7 Å². The first-order valence-corrected chi connectivity index (χ1v) is 24.9. The van der Waals surface area contributed by atoms with Gasteiger partial charge in [-0.3, -0.25) is 18.6 Å². The van der Waals surface area contributed by atoms with Crippen LogP contribution in [0.25, 0.3) is 0 Å². The molecule has 1 rings (SSSR count). The second-order valence-corrected chi connectivity index (χ2v) is 17.3. The average Bonchev–Trinajstić information content (AvgIpc) is 3.26. The standard InChI is InChI=1S/C49H81O13P/c1-3-5-7-9-11-13-15-17-19-20-21-22-24-26-28-30-32-34-36-38-43(51)61-41(40-60-63(57,58)62-49-47(55)45(53)44(52)46(54)48(49)56)39-59-42(50)37-35-33-31-29-27-25-23-18-16-14-12-10-8-6-4-2/h5,7,11,13,17-19,21-23,26,28,32,34,41,44-49,52-56H,3-4,6,8-10,12,14-16,20,24-25,27,29-31,33,35-40H2,1-2H3,(H,57,58). The molecule has 0 amide bonds. The summed E-state index contributed by atoms with van der Waals surface area (Å²) in [6.07, 6.45) is 36.5. The maximum atomic E-state index is 12.8. The van der Waals surface area contributed by atoms with Gasteiger partial charge in [0.05, 0.1) is 6.61 Å². The monoisotopic (exact) mass is 909 g/mol. The Labute approximate surface area is 378 Å². The maximum Gasteiger partial charge on any atom is 0.472 e. The SMILES string of the molecule is CCC=CCC=CCC=CCC=CCC=CCC=CCCC(=O)OC(COC(=O)CCCCCCCC=CCCCCCCCC)COP(=O)(O)OC1C(O)C(O)C(O)C(O)C1O. The smallest absolute Gasteiger partial charge is 0.462 e. The van der Waals surface area contributed by atoms with Crippen LogP contribution < -0.4 is 0 Å². The van der Waals surface area contributed by atoms with E-state index in [4.69, 9.17) is 18.5 Å². The summed E-state index contributed by atoms with van der Waals surface area (Å²) in [7, 11) is -5.15. The van der Waals surface area contributed by atoms with E-state index >= 15 is 0 Å². The first-order chi connectivity index (χ1) is 30.4. The second kappa shape index (κ2) is 38.3. The highest BCUT2D eigenvalue weighted by molar-refractivity contribution is 7.47. The lowest BCUT2D eigenvalue weighted by Crippen LogP contribution is -2.64. The lowest BCUT2D eigenvalue weighted by molar-refractivity contribution is -0.220. The minimum absolute atomic E-state index is 0.0343. The largest absolute Gasteiger partial charge is 0.472 e. The van der Waals surface area contributed by atoms with E-state index in [1.807, 2.05) is 18.2 Å². The molecule has 14 heteroatoms. The van der Waals surface area contributed by atoms with Gasteiger partial charge in [0.15, 0.2) is 6.10 Å². The van der Waals surface area contributed by atoms with Crippen LogP contribution in [0.15, 0.2) is 85.1 Å². The molecule has 0 bridgehead atoms. The predicted octanol–water partition coefficient (Wildman–Crippen LogP) is 9.28. The number of unbranched alkanes of at least 4 members (excludes halogenated alkanes) is 11. The number of rotatable bonds is 37. The molecular weight excluding hydrogens is 828 g/mol. The van der Waals surface area contributed by atoms with E-state index in [0.717, 1.165) is 70.6 Å². The molecule has 0 aromatic rings. The Morgan fingerprint density at radius 2 is 0.937 bits per heavy atom. The Balaban J connectivity index is 2.53. The Kier molecular flexibility index (Phi) is 35.3. The summed E-state index contributed by atoms with van der Waals surface area (Å²) in [6.45, 7) is 3.10. The number of allylic oxidation sites excluding steroid dienone is 14. The van der Waals surface area contributed by atoms with Crippen molar-refractivity contribution in [3.05, 3.63) is 85.1 Å². The highest BCUT2D eigenvalue weighted by Crippen LogP contribution is 2.47. The van der Waals surface area contributed by atoms with Crippen LogP contribution in [0.2, 0.25) is 0 Å². The van der Waals surface area contributed by atoms with Crippen LogP contribution in [0.4, 0.5) is 0 Å². The number of hydrogen-bond acceptors (Lipinski definition) is 12. The van der Waals surface area contributed by atoms with Gasteiger partial charge >= 0.3 is 19.8 Å². The zero-order chi connectivity index (χ0) is 46.4. The fraction of sp³-hybridized carbons (Fsp3) is 0.673. The number of carbonyl (C=O) groups is 2. The van der Waals surface area contributed by atoms with Gasteiger partial charge in [-0.1, -0.05) is 150 Å². The van der Waals surface area contributed by atoms with Crippen molar-refractivity contribution in [3.63, 3.8) is 0 Å². The van der Waals surface area contributed by atoms with Gasteiger partial charge in [0.1, 0.15) is 43.2 Å². The molecule has 13 nitrogen and oxygen atoms in total. The van der Waals surface area contributed by atoms with E-state index in [1.54, 1.807) is 0 Å². The fourth-order valence-corrected chi connectivity index (χ4v) is 7.46. The quantitative estimate of drug-likeness (QED) is 0.0149. The van der Waals surface area contributed by atoms with Gasteiger partial charge in [0.25, 0.3) is 0 Å². The third-order valence-corrected chi connectivity index (χ3v) is 11.2. The van der Waals surface area contributed by atoms with Crippen molar-refractivity contribution < 1.29 is 63.1 Å². The van der Waals surface area contributed by atoms with Gasteiger partial charge in [0.2, 0.25) is 0 Å². The first-order valence-electron chi connectivity index (χ1n) is 23.4. The molecule has 1 aliphatic rings. The van der Waals surface area contributed by atoms with Gasteiger partial charge in [0, 0.05) is 12.8 Å². The molecular formula is C49H81O13P. The summed E-state index contributed by atoms with van der Waals surface area (Å²) in [5.74, 6) is -1.21. The number of hydrogen-bond donors (Lipinski definition) is 6. The molecule has 0 aromatic heterocycles. The molecule has 6 unspecified atom stereocenters. The number of aliphatic hydroxyl groups is 5. The maximum absolute atomic E-state index is 12.8. The molecule has 0 spiro atoms. The van der Waals surface area contributed by atoms with E-state index in [9.17, 15) is 44.6 Å². The number of carbonyl (C=O) groups excluding carboxylic acids is 2. The molecule has 1 saturated carbocycles. The fourth-order valence-electron chi connectivity index (χ4n) is 6.48. The number of aliphatic hydroxyl groups excluding tert-OH is 5. The molecule has 1 fully saturated rings. The summed E-state index contributed by atoms with van der Waals surface area (Å²) < 4.78 is 33.4. The summed E-state index contributed by atoms with van der Waals surface area (Å²) in [6, 6.07) is 0. The zero-order valence-corrected chi connectivity index (χ0v) is 39.0. The van der Waals surface area contributed by atoms with Crippen molar-refractivity contribution in [3.8, 4) is 0 Å². The van der Waals surface area contributed by atoms with Crippen LogP contribution >= 0.6 is 7.82 Å². The molecule has 6 N–H and O–H groups in total. The van der Waals surface area contributed by atoms with Crippen LogP contribution in [-0.4, -0.2) is 98.3 Å². The van der Waals surface area contributed by atoms with Crippen LogP contribution in [-0.2, 0) is 32.7 Å². The van der Waals surface area contributed by atoms with E-state index in [0.29, 0.717) is 19.3 Å². The van der Waals surface area contributed by atoms with Crippen molar-refractivity contribution in [2.24, 2.45) is 0 Å². The number of esters is 2. The third-order valence-electron chi connectivity index (χ3n) is 10.2. The van der Waals surface area contributed by atoms with Crippen LogP contribution in [0.3, 0.4) is 0 Å². The summed E-state index contributed by atoms with van der Waals surface area (Å²) >= 11 is 0. The van der Waals surface area contributed by atoms with Gasteiger partial charge in [-0.05, 0) is 77.0 Å². The summed E-state index contributed by atoms with van der Waals surface area (Å²) in [5.41, 5.74) is 0. The minimum Gasteiger partial charge on any atom is -0.462 e. The lowest BCUT2D eigenvalue weighted by Gasteiger charge is -2.41. The second-order valence-electron chi connectivity index (χ2n) is 15.9. The lowest BCUT2D eigenvalue weighted by atomic mass is 9.85. The number of phosphoric ester groups is 1. The topological polar surface area (TPSA) is 210 Å². The van der Waals surface area contributed by atoms with E-state index in [-0.39, 0.29) is 12.8 Å². The molecule has 0 saturated heterocycles. The van der Waals surface area contributed by atoms with Gasteiger partial charge in [-0.15, -0.1) is 0 Å². The first kappa shape index (κ1) is 58.0. The molecule has 0 heterocycles. The highest BCUT2D eigenvalue weighted by Gasteiger charge is 2.51.